The molecule has 0 unspecified atom stereocenters. The molecule has 0 bridgehead atoms. The van der Waals surface area contributed by atoms with E-state index in [1.807, 2.05) is 12.1 Å². The molecule has 0 saturated heterocycles. The maximum Gasteiger partial charge on any atom is 0.485 e. The van der Waals surface area contributed by atoms with Crippen molar-refractivity contribution in [2.24, 2.45) is 0 Å². The van der Waals surface area contributed by atoms with Gasteiger partial charge in [-0.1, -0.05) is 0 Å². The van der Waals surface area contributed by atoms with Gasteiger partial charge in [-0.25, -0.2) is 8.42 Å². The molecule has 0 aliphatic heterocycles. The molecular formula is C18H21F3O4SSe2. The van der Waals surface area contributed by atoms with Crippen molar-refractivity contribution in [3.63, 3.8) is 0 Å². The van der Waals surface area contributed by atoms with E-state index in [9.17, 15) is 18.3 Å². The van der Waals surface area contributed by atoms with E-state index < -0.39 is 15.6 Å². The van der Waals surface area contributed by atoms with Gasteiger partial charge in [-0.2, -0.15) is 13.2 Å². The largest absolute Gasteiger partial charge is 0.741 e. The molecule has 10 heteroatoms. The Balaban J connectivity index is 0.000000416. The predicted octanol–water partition coefficient (Wildman–Crippen LogP) is 2.18. The van der Waals surface area contributed by atoms with E-state index in [0.29, 0.717) is 0 Å². The van der Waals surface area contributed by atoms with E-state index in [0.717, 1.165) is 5.56 Å². The first-order valence-corrected chi connectivity index (χ1v) is 15.7. The summed E-state index contributed by atoms with van der Waals surface area (Å²) in [6, 6.07) is 17.1. The zero-order chi connectivity index (χ0) is 21.4. The third kappa shape index (κ3) is 8.66. The Hall–Kier alpha value is -0.861. The van der Waals surface area contributed by atoms with Gasteiger partial charge in [0.2, 0.25) is 0 Å². The van der Waals surface area contributed by atoms with Gasteiger partial charge in [-0.3, -0.25) is 0 Å². The van der Waals surface area contributed by atoms with Crippen molar-refractivity contribution in [1.29, 1.82) is 0 Å². The molecule has 156 valence electrons. The van der Waals surface area contributed by atoms with Crippen LogP contribution in [0.15, 0.2) is 48.5 Å². The molecule has 0 aromatic heterocycles. The summed E-state index contributed by atoms with van der Waals surface area (Å²) in [7, 11) is -6.09. The fourth-order valence-electron chi connectivity index (χ4n) is 1.98. The van der Waals surface area contributed by atoms with E-state index in [2.05, 4.69) is 48.0 Å². The first kappa shape index (κ1) is 25.2. The molecular weight excluding hydrogens is 527 g/mol. The Morgan fingerprint density at radius 1 is 1.00 bits per heavy atom. The Morgan fingerprint density at radius 3 is 1.86 bits per heavy atom. The van der Waals surface area contributed by atoms with Gasteiger partial charge < -0.3 is 4.55 Å². The van der Waals surface area contributed by atoms with Crippen LogP contribution in [0.3, 0.4) is 0 Å². The van der Waals surface area contributed by atoms with Crippen LogP contribution in [-0.2, 0) is 23.1 Å². The number of hydrogen-bond donors (Lipinski definition) is 1. The number of hydrogen-bond acceptors (Lipinski definition) is 4. The minimum atomic E-state index is -6.09. The van der Waals surface area contributed by atoms with E-state index >= 15 is 0 Å². The summed E-state index contributed by atoms with van der Waals surface area (Å²) in [5.41, 5.74) is -3.08. The van der Waals surface area contributed by atoms with Crippen LogP contribution >= 0.6 is 0 Å². The van der Waals surface area contributed by atoms with E-state index in [1.54, 1.807) is 0 Å². The van der Waals surface area contributed by atoms with Crippen molar-refractivity contribution in [3.8, 4) is 0 Å². The molecule has 0 saturated carbocycles. The van der Waals surface area contributed by atoms with Crippen molar-refractivity contribution in [3.05, 3.63) is 59.7 Å². The summed E-state index contributed by atoms with van der Waals surface area (Å²) < 4.78 is 61.7. The van der Waals surface area contributed by atoms with E-state index in [-0.39, 0.29) is 35.5 Å². The number of benzene rings is 2. The third-order valence-corrected chi connectivity index (χ3v) is 8.70. The maximum atomic E-state index is 10.7. The molecule has 28 heavy (non-hydrogen) atoms. The third-order valence-electron chi connectivity index (χ3n) is 3.40. The summed E-state index contributed by atoms with van der Waals surface area (Å²) in [6.45, 7) is 0.137. The molecule has 1 N–H and O–H groups in total. The molecule has 0 radical (unpaired) electrons. The van der Waals surface area contributed by atoms with Crippen LogP contribution in [-0.4, -0.2) is 52.4 Å². The normalized spacial score (nSPS) is 11.9. The number of halogens is 3. The zero-order valence-corrected chi connectivity index (χ0v) is 19.5. The van der Waals surface area contributed by atoms with Gasteiger partial charge in [0.15, 0.2) is 10.1 Å². The molecule has 0 aliphatic carbocycles. The second-order valence-electron chi connectivity index (χ2n) is 5.82. The number of aryl methyl sites for hydroxylation is 1. The van der Waals surface area contributed by atoms with Crippen LogP contribution in [0.1, 0.15) is 11.1 Å². The maximum absolute atomic E-state index is 10.7. The number of rotatable bonds is 6. The van der Waals surface area contributed by atoms with Gasteiger partial charge in [0, 0.05) is 0 Å². The SMILES string of the molecule is C[Se+](C)CCc1ccccc1[Se]c1ccccc1CO.O=S(=O)([O-])C(F)(F)F. The molecule has 0 atom stereocenters. The summed E-state index contributed by atoms with van der Waals surface area (Å²) in [6.07, 6.45) is 1.21. The average molecular weight is 548 g/mol. The fourth-order valence-corrected chi connectivity index (χ4v) is 5.59. The van der Waals surface area contributed by atoms with Crippen LogP contribution in [0.5, 0.6) is 0 Å². The second kappa shape index (κ2) is 11.4. The Bertz CT molecular complexity index is 856. The summed E-state index contributed by atoms with van der Waals surface area (Å²) in [5, 5.41) is 10.8. The first-order chi connectivity index (χ1) is 13.0. The Kier molecular flexibility index (Phi) is 10.2. The molecule has 0 fully saturated rings. The van der Waals surface area contributed by atoms with Crippen molar-refractivity contribution >= 4 is 47.9 Å². The first-order valence-electron chi connectivity index (χ1n) is 7.96. The molecule has 2 rings (SSSR count). The van der Waals surface area contributed by atoms with Crippen LogP contribution < -0.4 is 8.92 Å². The smallest absolute Gasteiger partial charge is 0.485 e. The predicted molar refractivity (Wildman–Crippen MR) is 106 cm³/mol. The summed E-state index contributed by atoms with van der Waals surface area (Å²) >= 11 is -0.0870. The van der Waals surface area contributed by atoms with Crippen LogP contribution in [0.2, 0.25) is 17.0 Å². The van der Waals surface area contributed by atoms with Crippen LogP contribution in [0.4, 0.5) is 13.2 Å². The van der Waals surface area contributed by atoms with E-state index in [4.69, 9.17) is 13.0 Å². The monoisotopic (exact) mass is 550 g/mol. The van der Waals surface area contributed by atoms with Crippen molar-refractivity contribution in [2.75, 3.05) is 0 Å². The fraction of sp³-hybridized carbons (Fsp3) is 0.333. The van der Waals surface area contributed by atoms with Crippen LogP contribution in [0, 0.1) is 0 Å². The quantitative estimate of drug-likeness (QED) is 0.341. The standard InChI is InChI=1S/C17H21OSe2.CHF3O3S/c1-20(2)12-11-14-7-3-5-9-16(14)19-17-10-6-4-8-15(17)13-18;2-1(3,4)8(5,6)7/h3-10,18H,11-13H2,1-2H3;(H,5,6,7)/q+1;/p-1. The van der Waals surface area contributed by atoms with Gasteiger partial charge in [-0.05, 0) is 0 Å². The molecule has 0 spiro atoms. The van der Waals surface area contributed by atoms with Crippen LogP contribution in [0.25, 0.3) is 0 Å². The van der Waals surface area contributed by atoms with Crippen molar-refractivity contribution < 1.29 is 31.2 Å². The molecule has 2 aromatic rings. The van der Waals surface area contributed by atoms with Gasteiger partial charge in [0.05, 0.1) is 0 Å². The molecule has 0 heterocycles. The van der Waals surface area contributed by atoms with Gasteiger partial charge >= 0.3 is 138 Å². The number of alkyl halides is 3. The molecule has 4 nitrogen and oxygen atoms in total. The van der Waals surface area contributed by atoms with Gasteiger partial charge in [0.1, 0.15) is 0 Å². The Morgan fingerprint density at radius 2 is 1.43 bits per heavy atom. The van der Waals surface area contributed by atoms with Crippen molar-refractivity contribution in [1.82, 2.24) is 0 Å². The molecule has 2 aromatic carbocycles. The molecule has 0 amide bonds. The average Bonchev–Trinajstić information content (AvgIpc) is 2.60. The van der Waals surface area contributed by atoms with Gasteiger partial charge in [-0.15, -0.1) is 0 Å². The van der Waals surface area contributed by atoms with Crippen molar-refractivity contribution in [2.45, 2.75) is 35.5 Å². The summed E-state index contributed by atoms with van der Waals surface area (Å²) in [5.74, 6) is 4.80. The summed E-state index contributed by atoms with van der Waals surface area (Å²) in [4.78, 5) is 0. The van der Waals surface area contributed by atoms with E-state index in [1.165, 1.54) is 26.2 Å². The minimum Gasteiger partial charge on any atom is -0.741 e. The Labute approximate surface area is 174 Å². The molecule has 0 aliphatic rings. The zero-order valence-electron chi connectivity index (χ0n) is 15.3. The number of aliphatic hydroxyl groups excluding tert-OH is 1. The van der Waals surface area contributed by atoms with Gasteiger partial charge in [0.25, 0.3) is 0 Å². The minimum absolute atomic E-state index is 0.137. The second-order valence-corrected chi connectivity index (χ2v) is 14.5. The number of aliphatic hydroxyl groups is 1. The topological polar surface area (TPSA) is 77.4 Å².